The lowest BCUT2D eigenvalue weighted by atomic mass is 10.1. The summed E-state index contributed by atoms with van der Waals surface area (Å²) in [6.07, 6.45) is 0. The summed E-state index contributed by atoms with van der Waals surface area (Å²) < 4.78 is 0. The maximum atomic E-state index is 10.5. The monoisotopic (exact) mass is 201 g/mol. The Hall–Kier alpha value is -2.35. The average Bonchev–Trinajstić information content (AvgIpc) is 2.51. The molecule has 0 atom stereocenters. The van der Waals surface area contributed by atoms with Crippen molar-refractivity contribution in [2.75, 3.05) is 0 Å². The summed E-state index contributed by atoms with van der Waals surface area (Å²) in [7, 11) is 0. The number of nitriles is 1. The van der Waals surface area contributed by atoms with Gasteiger partial charge in [-0.05, 0) is 13.0 Å². The molecule has 0 aliphatic rings. The van der Waals surface area contributed by atoms with Crippen LogP contribution in [0.4, 0.5) is 5.69 Å². The first-order chi connectivity index (χ1) is 7.13. The normalized spacial score (nSPS) is 10.1. The minimum Gasteiger partial charge on any atom is -0.357 e. The number of H-pyrrole nitrogens is 1. The van der Waals surface area contributed by atoms with Crippen molar-refractivity contribution in [3.63, 3.8) is 0 Å². The molecule has 0 radical (unpaired) electrons. The van der Waals surface area contributed by atoms with Crippen LogP contribution in [0.25, 0.3) is 10.9 Å². The van der Waals surface area contributed by atoms with Crippen LogP contribution in [0.5, 0.6) is 0 Å². The first kappa shape index (κ1) is 9.21. The van der Waals surface area contributed by atoms with Crippen molar-refractivity contribution in [1.82, 2.24) is 4.98 Å². The molecule has 5 heteroatoms. The van der Waals surface area contributed by atoms with Crippen LogP contribution in [-0.2, 0) is 0 Å². The van der Waals surface area contributed by atoms with Crippen LogP contribution >= 0.6 is 0 Å². The molecule has 0 bridgehead atoms. The molecule has 0 spiro atoms. The average molecular weight is 201 g/mol. The third-order valence-electron chi connectivity index (χ3n) is 2.29. The molecule has 74 valence electrons. The lowest BCUT2D eigenvalue weighted by Gasteiger charge is -1.91. The van der Waals surface area contributed by atoms with Crippen molar-refractivity contribution in [3.05, 3.63) is 39.6 Å². The van der Waals surface area contributed by atoms with E-state index < -0.39 is 4.92 Å². The van der Waals surface area contributed by atoms with E-state index in [2.05, 4.69) is 11.1 Å². The van der Waals surface area contributed by atoms with Crippen LogP contribution in [0.15, 0.2) is 18.2 Å². The molecule has 0 fully saturated rings. The van der Waals surface area contributed by atoms with Gasteiger partial charge in [-0.25, -0.2) is 0 Å². The van der Waals surface area contributed by atoms with E-state index in [9.17, 15) is 10.1 Å². The van der Waals surface area contributed by atoms with Crippen molar-refractivity contribution >= 4 is 16.6 Å². The first-order valence-electron chi connectivity index (χ1n) is 4.30. The predicted molar refractivity (Wildman–Crippen MR) is 54.4 cm³/mol. The number of aromatic nitrogens is 1. The predicted octanol–water partition coefficient (Wildman–Crippen LogP) is 2.26. The van der Waals surface area contributed by atoms with Crippen LogP contribution in [0.3, 0.4) is 0 Å². The number of aromatic amines is 1. The number of hydrogen-bond donors (Lipinski definition) is 1. The molecule has 0 aliphatic heterocycles. The van der Waals surface area contributed by atoms with Gasteiger partial charge in [-0.15, -0.1) is 0 Å². The largest absolute Gasteiger partial charge is 0.357 e. The fourth-order valence-electron chi connectivity index (χ4n) is 1.58. The molecule has 2 aromatic rings. The molecule has 0 unspecified atom stereocenters. The van der Waals surface area contributed by atoms with Crippen molar-refractivity contribution in [2.45, 2.75) is 6.92 Å². The molecule has 2 rings (SSSR count). The lowest BCUT2D eigenvalue weighted by molar-refractivity contribution is -0.384. The maximum absolute atomic E-state index is 10.5. The van der Waals surface area contributed by atoms with Gasteiger partial charge in [-0.2, -0.15) is 5.26 Å². The van der Waals surface area contributed by atoms with E-state index in [1.165, 1.54) is 12.1 Å². The molecule has 5 nitrogen and oxygen atoms in total. The summed E-state index contributed by atoms with van der Waals surface area (Å²) in [5, 5.41) is 20.1. The zero-order valence-electron chi connectivity index (χ0n) is 7.94. The molecule has 15 heavy (non-hydrogen) atoms. The lowest BCUT2D eigenvalue weighted by Crippen LogP contribution is -1.86. The topological polar surface area (TPSA) is 82.7 Å². The Kier molecular flexibility index (Phi) is 1.90. The van der Waals surface area contributed by atoms with E-state index in [4.69, 9.17) is 5.26 Å². The van der Waals surface area contributed by atoms with Gasteiger partial charge in [0.1, 0.15) is 6.07 Å². The summed E-state index contributed by atoms with van der Waals surface area (Å²) in [4.78, 5) is 13.0. The Balaban J connectivity index is 2.76. The van der Waals surface area contributed by atoms with Crippen LogP contribution in [0.2, 0.25) is 0 Å². The number of non-ortho nitro benzene ring substituents is 1. The first-order valence-corrected chi connectivity index (χ1v) is 4.30. The molecule has 1 aromatic heterocycles. The van der Waals surface area contributed by atoms with Gasteiger partial charge < -0.3 is 4.98 Å². The van der Waals surface area contributed by atoms with Crippen molar-refractivity contribution in [1.29, 1.82) is 5.26 Å². The third kappa shape index (κ3) is 1.32. The van der Waals surface area contributed by atoms with Gasteiger partial charge in [-0.3, -0.25) is 10.1 Å². The van der Waals surface area contributed by atoms with Gasteiger partial charge in [0.05, 0.1) is 16.0 Å². The molecule has 1 N–H and O–H groups in total. The summed E-state index contributed by atoms with van der Waals surface area (Å²) in [6, 6.07) is 6.49. The minimum absolute atomic E-state index is 0.0215. The second kappa shape index (κ2) is 3.10. The van der Waals surface area contributed by atoms with E-state index in [0.717, 1.165) is 11.1 Å². The highest BCUT2D eigenvalue weighted by Gasteiger charge is 2.11. The number of hydrogen-bond acceptors (Lipinski definition) is 3. The summed E-state index contributed by atoms with van der Waals surface area (Å²) in [6.45, 7) is 1.77. The smallest absolute Gasteiger partial charge is 0.271 e. The van der Waals surface area contributed by atoms with E-state index >= 15 is 0 Å². The van der Waals surface area contributed by atoms with Gasteiger partial charge in [0.2, 0.25) is 0 Å². The molecule has 0 saturated carbocycles. The fourth-order valence-corrected chi connectivity index (χ4v) is 1.58. The number of benzene rings is 1. The SMILES string of the molecule is Cc1[nH]c2cc([N+](=O)[O-])ccc2c1C#N. The second-order valence-electron chi connectivity index (χ2n) is 3.22. The number of aryl methyl sites for hydroxylation is 1. The minimum atomic E-state index is -0.457. The number of nitrogens with one attached hydrogen (secondary N) is 1. The summed E-state index contributed by atoms with van der Waals surface area (Å²) >= 11 is 0. The third-order valence-corrected chi connectivity index (χ3v) is 2.29. The Morgan fingerprint density at radius 3 is 2.87 bits per heavy atom. The Labute approximate surface area is 85.1 Å². The fraction of sp³-hybridized carbons (Fsp3) is 0.100. The number of fused-ring (bicyclic) bond motifs is 1. The molecule has 0 aliphatic carbocycles. The summed E-state index contributed by atoms with van der Waals surface area (Å²) in [5.41, 5.74) is 1.92. The molecule has 1 aromatic carbocycles. The Bertz CT molecular complexity index is 592. The van der Waals surface area contributed by atoms with Crippen molar-refractivity contribution in [2.24, 2.45) is 0 Å². The zero-order chi connectivity index (χ0) is 11.0. The van der Waals surface area contributed by atoms with E-state index in [-0.39, 0.29) is 5.69 Å². The Morgan fingerprint density at radius 1 is 1.53 bits per heavy atom. The number of rotatable bonds is 1. The second-order valence-corrected chi connectivity index (χ2v) is 3.22. The van der Waals surface area contributed by atoms with Gasteiger partial charge >= 0.3 is 0 Å². The highest BCUT2D eigenvalue weighted by Crippen LogP contribution is 2.25. The zero-order valence-corrected chi connectivity index (χ0v) is 7.94. The van der Waals surface area contributed by atoms with Crippen molar-refractivity contribution < 1.29 is 4.92 Å². The number of nitro groups is 1. The summed E-state index contributed by atoms with van der Waals surface area (Å²) in [5.74, 6) is 0. The molecule has 1 heterocycles. The molecule has 0 saturated heterocycles. The van der Waals surface area contributed by atoms with Crippen LogP contribution in [0, 0.1) is 28.4 Å². The van der Waals surface area contributed by atoms with Gasteiger partial charge in [0.25, 0.3) is 5.69 Å². The van der Waals surface area contributed by atoms with E-state index in [1.54, 1.807) is 13.0 Å². The molecular weight excluding hydrogens is 194 g/mol. The Morgan fingerprint density at radius 2 is 2.27 bits per heavy atom. The quantitative estimate of drug-likeness (QED) is 0.567. The van der Waals surface area contributed by atoms with Crippen LogP contribution in [-0.4, -0.2) is 9.91 Å². The molecule has 0 amide bonds. The van der Waals surface area contributed by atoms with Gasteiger partial charge in [-0.1, -0.05) is 0 Å². The van der Waals surface area contributed by atoms with Crippen LogP contribution in [0.1, 0.15) is 11.3 Å². The van der Waals surface area contributed by atoms with E-state index in [1.807, 2.05) is 0 Å². The van der Waals surface area contributed by atoms with Gasteiger partial charge in [0.15, 0.2) is 0 Å². The van der Waals surface area contributed by atoms with E-state index in [0.29, 0.717) is 11.1 Å². The van der Waals surface area contributed by atoms with Gasteiger partial charge in [0, 0.05) is 23.2 Å². The van der Waals surface area contributed by atoms with Crippen molar-refractivity contribution in [3.8, 4) is 6.07 Å². The highest BCUT2D eigenvalue weighted by atomic mass is 16.6. The highest BCUT2D eigenvalue weighted by molar-refractivity contribution is 5.88. The molecular formula is C10H7N3O2. The number of nitro benzene ring substituents is 1. The maximum Gasteiger partial charge on any atom is 0.271 e. The number of nitrogens with zero attached hydrogens (tertiary/aromatic N) is 2. The van der Waals surface area contributed by atoms with Crippen LogP contribution < -0.4 is 0 Å². The standard InChI is InChI=1S/C10H7N3O2/c1-6-9(5-11)8-3-2-7(13(14)15)4-10(8)12-6/h2-4,12H,1H3.